The predicted molar refractivity (Wildman–Crippen MR) is 72.0 cm³/mol. The molecule has 0 heterocycles. The molecule has 0 spiro atoms. The maximum Gasteiger partial charge on any atom is 0.220 e. The molecule has 0 aliphatic carbocycles. The molecule has 0 aliphatic rings. The Hall–Kier alpha value is -1.39. The molecule has 1 aromatic rings. The number of nitrogens with one attached hydrogen (secondary N) is 1. The summed E-state index contributed by atoms with van der Waals surface area (Å²) < 4.78 is 0. The van der Waals surface area contributed by atoms with E-state index < -0.39 is 6.10 Å². The van der Waals surface area contributed by atoms with Crippen LogP contribution in [0.1, 0.15) is 25.3 Å². The van der Waals surface area contributed by atoms with E-state index in [1.807, 2.05) is 37.3 Å². The largest absolute Gasteiger partial charge is 0.391 e. The number of hydrogen-bond acceptors (Lipinski definition) is 3. The van der Waals surface area contributed by atoms with Crippen LogP contribution in [0, 0.1) is 0 Å². The van der Waals surface area contributed by atoms with Gasteiger partial charge in [-0.1, -0.05) is 30.3 Å². The van der Waals surface area contributed by atoms with Crippen molar-refractivity contribution in [2.24, 2.45) is 5.73 Å². The van der Waals surface area contributed by atoms with E-state index in [-0.39, 0.29) is 18.5 Å². The molecule has 4 heteroatoms. The molecule has 1 rings (SSSR count). The van der Waals surface area contributed by atoms with Gasteiger partial charge in [0.25, 0.3) is 0 Å². The summed E-state index contributed by atoms with van der Waals surface area (Å²) in [5.74, 6) is -0.0561. The van der Waals surface area contributed by atoms with Crippen LogP contribution in [0.2, 0.25) is 0 Å². The molecule has 4 N–H and O–H groups in total. The van der Waals surface area contributed by atoms with Gasteiger partial charge in [-0.3, -0.25) is 4.79 Å². The molecule has 0 aliphatic heterocycles. The Morgan fingerprint density at radius 3 is 2.67 bits per heavy atom. The molecular formula is C14H22N2O2. The van der Waals surface area contributed by atoms with Gasteiger partial charge in [0, 0.05) is 25.4 Å². The van der Waals surface area contributed by atoms with Crippen molar-refractivity contribution in [3.63, 3.8) is 0 Å². The fourth-order valence-corrected chi connectivity index (χ4v) is 1.64. The number of nitrogens with two attached hydrogens (primary N) is 1. The first kappa shape index (κ1) is 14.7. The number of hydrogen-bond donors (Lipinski definition) is 3. The van der Waals surface area contributed by atoms with Crippen molar-refractivity contribution in [1.29, 1.82) is 0 Å². The highest BCUT2D eigenvalue weighted by atomic mass is 16.3. The minimum Gasteiger partial charge on any atom is -0.391 e. The molecule has 2 unspecified atom stereocenters. The van der Waals surface area contributed by atoms with Crippen molar-refractivity contribution in [2.75, 3.05) is 6.54 Å². The molecule has 0 radical (unpaired) electrons. The fourth-order valence-electron chi connectivity index (χ4n) is 1.64. The lowest BCUT2D eigenvalue weighted by atomic mass is 10.1. The molecular weight excluding hydrogens is 228 g/mol. The lowest BCUT2D eigenvalue weighted by molar-refractivity contribution is -0.121. The van der Waals surface area contributed by atoms with Crippen LogP contribution < -0.4 is 11.1 Å². The normalized spacial score (nSPS) is 13.9. The molecule has 4 nitrogen and oxygen atoms in total. The Morgan fingerprint density at radius 1 is 1.39 bits per heavy atom. The van der Waals surface area contributed by atoms with Crippen LogP contribution in [0.4, 0.5) is 0 Å². The van der Waals surface area contributed by atoms with Crippen molar-refractivity contribution in [1.82, 2.24) is 5.32 Å². The first-order valence-corrected chi connectivity index (χ1v) is 6.32. The lowest BCUT2D eigenvalue weighted by Gasteiger charge is -2.12. The second-order valence-electron chi connectivity index (χ2n) is 4.66. The molecule has 0 saturated carbocycles. The molecule has 1 aromatic carbocycles. The highest BCUT2D eigenvalue weighted by molar-refractivity contribution is 5.75. The van der Waals surface area contributed by atoms with Crippen molar-refractivity contribution in [3.05, 3.63) is 35.9 Å². The van der Waals surface area contributed by atoms with Gasteiger partial charge in [-0.15, -0.1) is 0 Å². The highest BCUT2D eigenvalue weighted by Gasteiger charge is 2.08. The van der Waals surface area contributed by atoms with Gasteiger partial charge in [0.2, 0.25) is 5.91 Å². The molecule has 1 amide bonds. The van der Waals surface area contributed by atoms with E-state index >= 15 is 0 Å². The number of aliphatic hydroxyl groups excluding tert-OH is 1. The third kappa shape index (κ3) is 6.37. The van der Waals surface area contributed by atoms with E-state index in [1.165, 1.54) is 0 Å². The molecule has 100 valence electrons. The van der Waals surface area contributed by atoms with Crippen molar-refractivity contribution >= 4 is 5.91 Å². The Bertz CT molecular complexity index is 352. The van der Waals surface area contributed by atoms with Crippen LogP contribution >= 0.6 is 0 Å². The molecule has 2 atom stereocenters. The Balaban J connectivity index is 2.21. The van der Waals surface area contributed by atoms with Gasteiger partial charge < -0.3 is 16.2 Å². The summed E-state index contributed by atoms with van der Waals surface area (Å²) >= 11 is 0. The quantitative estimate of drug-likeness (QED) is 0.671. The maximum atomic E-state index is 11.4. The minimum atomic E-state index is -0.549. The number of carbonyl (C=O) groups excluding carboxylic acids is 1. The van der Waals surface area contributed by atoms with Crippen LogP contribution in [0.3, 0.4) is 0 Å². The summed E-state index contributed by atoms with van der Waals surface area (Å²) in [4.78, 5) is 11.4. The van der Waals surface area contributed by atoms with Crippen LogP contribution in [0.15, 0.2) is 30.3 Å². The standard InChI is InChI=1S/C14H22N2O2/c1-11(15)7-8-14(18)16-10-13(17)9-12-5-3-2-4-6-12/h2-6,11,13,17H,7-10,15H2,1H3,(H,16,18). The maximum absolute atomic E-state index is 11.4. The molecule has 0 aromatic heterocycles. The van der Waals surface area contributed by atoms with Crippen LogP contribution in [-0.2, 0) is 11.2 Å². The molecule has 18 heavy (non-hydrogen) atoms. The summed E-state index contributed by atoms with van der Waals surface area (Å²) in [5, 5.41) is 12.5. The van der Waals surface area contributed by atoms with Crippen LogP contribution in [0.25, 0.3) is 0 Å². The van der Waals surface area contributed by atoms with Gasteiger partial charge >= 0.3 is 0 Å². The van der Waals surface area contributed by atoms with Crippen LogP contribution in [0.5, 0.6) is 0 Å². The van der Waals surface area contributed by atoms with E-state index in [9.17, 15) is 9.90 Å². The smallest absolute Gasteiger partial charge is 0.220 e. The van der Waals surface area contributed by atoms with Gasteiger partial charge in [-0.25, -0.2) is 0 Å². The second kappa shape index (κ2) is 7.84. The number of benzene rings is 1. The molecule has 0 bridgehead atoms. The summed E-state index contributed by atoms with van der Waals surface area (Å²) in [7, 11) is 0. The molecule has 0 saturated heterocycles. The second-order valence-corrected chi connectivity index (χ2v) is 4.66. The SMILES string of the molecule is CC(N)CCC(=O)NCC(O)Cc1ccccc1. The number of carbonyl (C=O) groups is 1. The molecule has 0 fully saturated rings. The Morgan fingerprint density at radius 2 is 2.06 bits per heavy atom. The summed E-state index contributed by atoms with van der Waals surface area (Å²) in [6, 6.07) is 9.76. The third-order valence-electron chi connectivity index (χ3n) is 2.68. The fraction of sp³-hybridized carbons (Fsp3) is 0.500. The van der Waals surface area contributed by atoms with E-state index in [0.717, 1.165) is 5.56 Å². The van der Waals surface area contributed by atoms with Gasteiger partial charge in [0.15, 0.2) is 0 Å². The third-order valence-corrected chi connectivity index (χ3v) is 2.68. The van der Waals surface area contributed by atoms with Crippen molar-refractivity contribution in [2.45, 2.75) is 38.3 Å². The van der Waals surface area contributed by atoms with Crippen LogP contribution in [-0.4, -0.2) is 29.7 Å². The number of amides is 1. The van der Waals surface area contributed by atoms with E-state index in [1.54, 1.807) is 0 Å². The van der Waals surface area contributed by atoms with Gasteiger partial charge in [-0.2, -0.15) is 0 Å². The monoisotopic (exact) mass is 250 g/mol. The minimum absolute atomic E-state index is 0.0324. The zero-order valence-electron chi connectivity index (χ0n) is 10.8. The first-order valence-electron chi connectivity index (χ1n) is 6.32. The highest BCUT2D eigenvalue weighted by Crippen LogP contribution is 2.02. The van der Waals surface area contributed by atoms with Crippen molar-refractivity contribution < 1.29 is 9.90 Å². The van der Waals surface area contributed by atoms with Gasteiger partial charge in [0.1, 0.15) is 0 Å². The van der Waals surface area contributed by atoms with Gasteiger partial charge in [0.05, 0.1) is 6.10 Å². The van der Waals surface area contributed by atoms with E-state index in [0.29, 0.717) is 19.3 Å². The summed E-state index contributed by atoms with van der Waals surface area (Å²) in [6.45, 7) is 2.16. The Kier molecular flexibility index (Phi) is 6.39. The average Bonchev–Trinajstić information content (AvgIpc) is 2.35. The average molecular weight is 250 g/mol. The van der Waals surface area contributed by atoms with E-state index in [4.69, 9.17) is 5.73 Å². The number of rotatable bonds is 7. The number of aliphatic hydroxyl groups is 1. The first-order chi connectivity index (χ1) is 8.58. The summed E-state index contributed by atoms with van der Waals surface area (Å²) in [6.07, 6.45) is 1.08. The lowest BCUT2D eigenvalue weighted by Crippen LogP contribution is -2.33. The summed E-state index contributed by atoms with van der Waals surface area (Å²) in [5.41, 5.74) is 6.63. The van der Waals surface area contributed by atoms with Gasteiger partial charge in [-0.05, 0) is 18.9 Å². The van der Waals surface area contributed by atoms with Crippen molar-refractivity contribution in [3.8, 4) is 0 Å². The zero-order chi connectivity index (χ0) is 13.4. The topological polar surface area (TPSA) is 75.4 Å². The zero-order valence-corrected chi connectivity index (χ0v) is 10.8. The predicted octanol–water partition coefficient (Wildman–Crippen LogP) is 0.834. The van der Waals surface area contributed by atoms with E-state index in [2.05, 4.69) is 5.32 Å². The Labute approximate surface area is 108 Å².